The molecule has 0 aromatic rings. The van der Waals surface area contributed by atoms with Gasteiger partial charge in [-0.05, 0) is 6.16 Å². The smallest absolute Gasteiger partial charge is 0.679 e. The van der Waals surface area contributed by atoms with Crippen LogP contribution >= 0.6 is 0 Å². The molecule has 0 aliphatic carbocycles. The van der Waals surface area contributed by atoms with Crippen molar-refractivity contribution in [2.24, 2.45) is 0 Å². The number of carbonyl (C=O) groups excluding carboxylic acids is 1. The quantitative estimate of drug-likeness (QED) is 0.517. The van der Waals surface area contributed by atoms with Crippen molar-refractivity contribution in [3.05, 3.63) is 11.5 Å². The van der Waals surface area contributed by atoms with Crippen molar-refractivity contribution in [1.82, 2.24) is 0 Å². The van der Waals surface area contributed by atoms with Gasteiger partial charge in [-0.1, -0.05) is 0 Å². The van der Waals surface area contributed by atoms with Gasteiger partial charge in [0.05, 0.1) is 0 Å². The van der Waals surface area contributed by atoms with Crippen molar-refractivity contribution in [1.29, 1.82) is 0 Å². The first-order valence-corrected chi connectivity index (χ1v) is 3.91. The SMILES string of the molecule is O=C([O-])[O-].O=S(=O)(O)O.[Co+3].[NH-]CC[NH-]. The van der Waals surface area contributed by atoms with Crippen LogP contribution in [-0.4, -0.2) is 36.8 Å². The van der Waals surface area contributed by atoms with E-state index in [-0.39, 0.29) is 29.9 Å². The summed E-state index contributed by atoms with van der Waals surface area (Å²) in [5.41, 5.74) is 12.5. The van der Waals surface area contributed by atoms with E-state index < -0.39 is 16.6 Å². The Kier molecular flexibility index (Phi) is 25.2. The second-order valence-electron chi connectivity index (χ2n) is 1.20. The van der Waals surface area contributed by atoms with E-state index in [1.54, 1.807) is 0 Å². The van der Waals surface area contributed by atoms with Gasteiger partial charge in [-0.3, -0.25) is 9.11 Å². The van der Waals surface area contributed by atoms with Crippen LogP contribution in [0, 0.1) is 0 Å². The number of carbonyl (C=O) groups is 1. The van der Waals surface area contributed by atoms with Gasteiger partial charge in [0, 0.05) is 0 Å². The van der Waals surface area contributed by atoms with Gasteiger partial charge in [0.25, 0.3) is 0 Å². The van der Waals surface area contributed by atoms with Crippen molar-refractivity contribution >= 4 is 16.6 Å². The van der Waals surface area contributed by atoms with Crippen molar-refractivity contribution in [2.75, 3.05) is 13.1 Å². The van der Waals surface area contributed by atoms with E-state index in [0.717, 1.165) is 0 Å². The second-order valence-corrected chi connectivity index (χ2v) is 2.09. The molecule has 0 bridgehead atoms. The molecule has 0 heterocycles. The van der Waals surface area contributed by atoms with Gasteiger partial charge in [-0.25, -0.2) is 0 Å². The topological polar surface area (TPSA) is 185 Å². The van der Waals surface area contributed by atoms with Crippen LogP contribution in [0.2, 0.25) is 0 Å². The summed E-state index contributed by atoms with van der Waals surface area (Å²) in [6.07, 6.45) is -2.33. The molecule has 0 unspecified atom stereocenters. The third kappa shape index (κ3) is 4020. The van der Waals surface area contributed by atoms with Crippen LogP contribution in [0.1, 0.15) is 0 Å². The third-order valence-corrected chi connectivity index (χ3v) is 0.125. The minimum absolute atomic E-state index is 0. The Bertz CT molecular complexity index is 191. The molecule has 0 atom stereocenters. The van der Waals surface area contributed by atoms with E-state index in [2.05, 4.69) is 0 Å². The van der Waals surface area contributed by atoms with Crippen molar-refractivity contribution in [3.8, 4) is 0 Å². The van der Waals surface area contributed by atoms with Crippen molar-refractivity contribution < 1.29 is 49.3 Å². The van der Waals surface area contributed by atoms with E-state index in [9.17, 15) is 0 Å². The molecule has 9 nitrogen and oxygen atoms in total. The van der Waals surface area contributed by atoms with Crippen LogP contribution in [0.3, 0.4) is 0 Å². The summed E-state index contributed by atoms with van der Waals surface area (Å²) in [6, 6.07) is 0. The number of hydrogen-bond acceptors (Lipinski definition) is 5. The maximum atomic E-state index is 8.74. The van der Waals surface area contributed by atoms with Crippen LogP contribution in [0.4, 0.5) is 4.79 Å². The van der Waals surface area contributed by atoms with Gasteiger partial charge in [0.15, 0.2) is 0 Å². The van der Waals surface area contributed by atoms with Gasteiger partial charge >= 0.3 is 27.2 Å². The Labute approximate surface area is 90.9 Å². The van der Waals surface area contributed by atoms with E-state index >= 15 is 0 Å². The molecule has 0 saturated heterocycles. The zero-order valence-corrected chi connectivity index (χ0v) is 8.45. The molecule has 0 saturated carbocycles. The summed E-state index contributed by atoms with van der Waals surface area (Å²) in [7, 11) is -4.67. The average molecular weight is 275 g/mol. The third-order valence-electron chi connectivity index (χ3n) is 0.125. The first kappa shape index (κ1) is 23.4. The van der Waals surface area contributed by atoms with Crippen LogP contribution in [0.15, 0.2) is 0 Å². The molecular formula is C3H8CoN2O7S-. The van der Waals surface area contributed by atoms with Crippen molar-refractivity contribution in [2.45, 2.75) is 0 Å². The zero-order chi connectivity index (χ0) is 11.5. The summed E-state index contributed by atoms with van der Waals surface area (Å²) in [5, 5.41) is 16.7. The molecule has 0 aliphatic heterocycles. The van der Waals surface area contributed by atoms with E-state index in [0.29, 0.717) is 0 Å². The molecule has 14 heavy (non-hydrogen) atoms. The number of nitrogens with one attached hydrogen (secondary N) is 2. The molecule has 0 aromatic heterocycles. The standard InChI is InChI=1S/C2H6N2.CH2O3.Co.H2O4S/c3-1-2-4;2-1(3)4;;1-5(2,3)4/h3-4H,1-2H2;(H2,2,3,4);;(H2,1,2,3,4)/q-2;;+3;/p-2. The second kappa shape index (κ2) is 15.1. The largest absolute Gasteiger partial charge is 3.00 e. The minimum atomic E-state index is -4.67. The number of carboxylic acid groups (broad SMARTS) is 2. The van der Waals surface area contributed by atoms with Crippen LogP contribution in [-0.2, 0) is 27.2 Å². The molecule has 0 spiro atoms. The molecule has 11 heteroatoms. The molecule has 0 radical (unpaired) electrons. The average Bonchev–Trinajstić information content (AvgIpc) is 1.82. The van der Waals surface area contributed by atoms with Gasteiger partial charge in [0.1, 0.15) is 0 Å². The van der Waals surface area contributed by atoms with E-state index in [1.807, 2.05) is 0 Å². The minimum Gasteiger partial charge on any atom is -0.679 e. The Morgan fingerprint density at radius 1 is 1.14 bits per heavy atom. The zero-order valence-electron chi connectivity index (χ0n) is 6.59. The van der Waals surface area contributed by atoms with Crippen LogP contribution in [0.5, 0.6) is 0 Å². The predicted octanol–water partition coefficient (Wildman–Crippen LogP) is -2.01. The first-order chi connectivity index (χ1) is 5.65. The summed E-state index contributed by atoms with van der Waals surface area (Å²) in [5.74, 6) is 0. The Hall–Kier alpha value is -0.434. The van der Waals surface area contributed by atoms with Gasteiger partial charge < -0.3 is 26.5 Å². The maximum Gasteiger partial charge on any atom is 3.00 e. The molecule has 88 valence electrons. The number of rotatable bonds is 1. The monoisotopic (exact) mass is 275 g/mol. The fraction of sp³-hybridized carbons (Fsp3) is 0.667. The Morgan fingerprint density at radius 3 is 1.21 bits per heavy atom. The Balaban J connectivity index is -0.0000000522. The normalized spacial score (nSPS) is 8.00. The molecule has 0 aromatic carbocycles. The summed E-state index contributed by atoms with van der Waals surface area (Å²) < 4.78 is 31.6. The van der Waals surface area contributed by atoms with E-state index in [1.165, 1.54) is 0 Å². The molecule has 0 fully saturated rings. The van der Waals surface area contributed by atoms with Crippen LogP contribution < -0.4 is 10.2 Å². The molecular weight excluding hydrogens is 267 g/mol. The fourth-order valence-electron chi connectivity index (χ4n) is 0. The molecule has 4 N–H and O–H groups in total. The predicted molar refractivity (Wildman–Crippen MR) is 38.0 cm³/mol. The summed E-state index contributed by atoms with van der Waals surface area (Å²) in [6.45, 7) is 0.472. The van der Waals surface area contributed by atoms with Crippen molar-refractivity contribution in [3.63, 3.8) is 0 Å². The first-order valence-electron chi connectivity index (χ1n) is 2.52. The van der Waals surface area contributed by atoms with Gasteiger partial charge in [-0.15, -0.1) is 0 Å². The molecule has 0 rings (SSSR count). The fourth-order valence-corrected chi connectivity index (χ4v) is 0. The van der Waals surface area contributed by atoms with E-state index in [4.69, 9.17) is 44.0 Å². The molecule has 0 aliphatic rings. The van der Waals surface area contributed by atoms with Gasteiger partial charge in [0.2, 0.25) is 0 Å². The Morgan fingerprint density at radius 2 is 1.21 bits per heavy atom. The van der Waals surface area contributed by atoms with Crippen LogP contribution in [0.25, 0.3) is 11.5 Å². The summed E-state index contributed by atoms with van der Waals surface area (Å²) in [4.78, 5) is 8.33. The molecule has 0 amide bonds. The maximum absolute atomic E-state index is 8.74. The van der Waals surface area contributed by atoms with Gasteiger partial charge in [-0.2, -0.15) is 21.5 Å². The number of hydrogen-bond donors (Lipinski definition) is 2. The summed E-state index contributed by atoms with van der Waals surface area (Å²) >= 11 is 0.